The summed E-state index contributed by atoms with van der Waals surface area (Å²) in [5.74, 6) is 7.57. The lowest BCUT2D eigenvalue weighted by molar-refractivity contribution is 0.0329. The smallest absolute Gasteiger partial charge is 0.0634 e. The minimum absolute atomic E-state index is 0.120. The van der Waals surface area contributed by atoms with Crippen molar-refractivity contribution in [3.05, 3.63) is 52.6 Å². The number of rotatable bonds is 5. The summed E-state index contributed by atoms with van der Waals surface area (Å²) < 4.78 is 0. The molecule has 1 aromatic rings. The Morgan fingerprint density at radius 1 is 1.16 bits per heavy atom. The Morgan fingerprint density at radius 3 is 2.81 bits per heavy atom. The number of fused-ring (bicyclic) bond motifs is 1. The lowest BCUT2D eigenvalue weighted by atomic mass is 9.62. The van der Waals surface area contributed by atoms with Gasteiger partial charge in [0.1, 0.15) is 0 Å². The zero-order valence-corrected chi connectivity index (χ0v) is 20.1. The average Bonchev–Trinajstić information content (AvgIpc) is 2.80. The quantitative estimate of drug-likeness (QED) is 0.311. The van der Waals surface area contributed by atoms with Crippen molar-refractivity contribution in [3.8, 4) is 11.8 Å². The minimum Gasteiger partial charge on any atom is -0.392 e. The lowest BCUT2D eigenvalue weighted by Crippen LogP contribution is -2.45. The molecule has 0 aromatic heterocycles. The summed E-state index contributed by atoms with van der Waals surface area (Å²) in [6.07, 6.45) is 17.6. The van der Waals surface area contributed by atoms with Crippen molar-refractivity contribution in [1.29, 1.82) is 0 Å². The molecule has 3 aliphatic carbocycles. The monoisotopic (exact) mass is 431 g/mol. The Morgan fingerprint density at radius 2 is 2.00 bits per heavy atom. The zero-order chi connectivity index (χ0) is 22.4. The highest BCUT2D eigenvalue weighted by molar-refractivity contribution is 5.59. The predicted molar refractivity (Wildman–Crippen MR) is 135 cm³/mol. The second-order valence-electron chi connectivity index (χ2n) is 10.4. The topological polar surface area (TPSA) is 32.3 Å². The third kappa shape index (κ3) is 5.56. The normalized spacial score (nSPS) is 29.7. The molecule has 0 spiro atoms. The number of unbranched alkanes of at least 4 members (excludes halogenated alkanes) is 1. The molecule has 2 fully saturated rings. The van der Waals surface area contributed by atoms with Gasteiger partial charge in [-0.25, -0.2) is 0 Å². The maximum atomic E-state index is 10.9. The summed E-state index contributed by atoms with van der Waals surface area (Å²) in [4.78, 5) is 0. The first-order chi connectivity index (χ1) is 15.6. The SMILES string of the molecule is CCCCNC1C=C2CCC[C@H](O)[C@@]2(C)CC1=Cc1cccc(C#CC2CCCCC2)c1. The van der Waals surface area contributed by atoms with Gasteiger partial charge in [0.25, 0.3) is 0 Å². The van der Waals surface area contributed by atoms with Crippen LogP contribution in [0.5, 0.6) is 0 Å². The molecule has 32 heavy (non-hydrogen) atoms. The Labute approximate surface area is 195 Å². The van der Waals surface area contributed by atoms with Crippen LogP contribution in [0.3, 0.4) is 0 Å². The molecule has 1 aromatic carbocycles. The third-order valence-electron chi connectivity index (χ3n) is 7.89. The fraction of sp³-hybridized carbons (Fsp3) is 0.600. The number of benzene rings is 1. The van der Waals surface area contributed by atoms with E-state index in [2.05, 4.69) is 67.4 Å². The van der Waals surface area contributed by atoms with E-state index in [9.17, 15) is 5.11 Å². The molecule has 4 rings (SSSR count). The summed E-state index contributed by atoms with van der Waals surface area (Å²) in [6, 6.07) is 8.98. The second kappa shape index (κ2) is 10.9. The van der Waals surface area contributed by atoms with Crippen LogP contribution in [0.15, 0.2) is 41.5 Å². The van der Waals surface area contributed by atoms with Gasteiger partial charge in [-0.15, -0.1) is 0 Å². The third-order valence-corrected chi connectivity index (χ3v) is 7.89. The van der Waals surface area contributed by atoms with Crippen molar-refractivity contribution in [2.75, 3.05) is 6.54 Å². The van der Waals surface area contributed by atoms with Crippen LogP contribution < -0.4 is 5.32 Å². The molecular weight excluding hydrogens is 390 g/mol. The van der Waals surface area contributed by atoms with Crippen LogP contribution in [0, 0.1) is 23.2 Å². The molecule has 2 saturated carbocycles. The first-order valence-corrected chi connectivity index (χ1v) is 13.0. The summed E-state index contributed by atoms with van der Waals surface area (Å²) >= 11 is 0. The van der Waals surface area contributed by atoms with Crippen LogP contribution in [0.4, 0.5) is 0 Å². The van der Waals surface area contributed by atoms with Crippen LogP contribution in [-0.2, 0) is 0 Å². The van der Waals surface area contributed by atoms with Crippen molar-refractivity contribution in [2.24, 2.45) is 11.3 Å². The summed E-state index contributed by atoms with van der Waals surface area (Å²) in [5, 5.41) is 14.7. The van der Waals surface area contributed by atoms with Gasteiger partial charge in [-0.2, -0.15) is 0 Å². The van der Waals surface area contributed by atoms with Gasteiger partial charge in [-0.3, -0.25) is 0 Å². The molecule has 0 bridgehead atoms. The van der Waals surface area contributed by atoms with E-state index in [0.717, 1.165) is 37.8 Å². The van der Waals surface area contributed by atoms with Gasteiger partial charge in [0, 0.05) is 22.9 Å². The van der Waals surface area contributed by atoms with Gasteiger partial charge in [0.15, 0.2) is 0 Å². The van der Waals surface area contributed by atoms with Crippen molar-refractivity contribution < 1.29 is 5.11 Å². The molecule has 3 aliphatic rings. The van der Waals surface area contributed by atoms with E-state index in [-0.39, 0.29) is 17.6 Å². The molecule has 2 nitrogen and oxygen atoms in total. The number of aliphatic hydroxyl groups excluding tert-OH is 1. The molecule has 1 unspecified atom stereocenters. The molecule has 2 N–H and O–H groups in total. The summed E-state index contributed by atoms with van der Waals surface area (Å²) in [6.45, 7) is 5.55. The molecular formula is C30H41NO. The number of nitrogens with one attached hydrogen (secondary N) is 1. The van der Waals surface area contributed by atoms with Crippen molar-refractivity contribution in [3.63, 3.8) is 0 Å². The molecule has 2 heteroatoms. The minimum atomic E-state index is -0.241. The fourth-order valence-corrected chi connectivity index (χ4v) is 5.77. The standard InChI is InChI=1S/C30H41NO/c1-3-4-18-31-28-21-27-14-9-15-29(32)30(27,2)22-26(28)20-25-13-8-12-24(19-25)17-16-23-10-6-5-7-11-23/h8,12-13,19-21,23,28-29,31-32H,3-7,9-11,14-15,18,22H2,1-2H3/t28?,29-,30-/m0/s1. The van der Waals surface area contributed by atoms with Gasteiger partial charge in [0.2, 0.25) is 0 Å². The maximum Gasteiger partial charge on any atom is 0.0634 e. The van der Waals surface area contributed by atoms with Crippen LogP contribution in [0.25, 0.3) is 6.08 Å². The first kappa shape index (κ1) is 23.3. The molecule has 0 radical (unpaired) electrons. The van der Waals surface area contributed by atoms with Crippen LogP contribution in [0.1, 0.15) is 95.6 Å². The highest BCUT2D eigenvalue weighted by atomic mass is 16.3. The van der Waals surface area contributed by atoms with Crippen LogP contribution in [-0.4, -0.2) is 23.8 Å². The molecule has 0 heterocycles. The molecule has 3 atom stereocenters. The fourth-order valence-electron chi connectivity index (χ4n) is 5.77. The van der Waals surface area contributed by atoms with E-state index in [0.29, 0.717) is 5.92 Å². The van der Waals surface area contributed by atoms with E-state index in [1.54, 1.807) is 0 Å². The molecule has 0 saturated heterocycles. The van der Waals surface area contributed by atoms with E-state index in [1.807, 2.05) is 0 Å². The van der Waals surface area contributed by atoms with Gasteiger partial charge in [-0.1, -0.05) is 81.2 Å². The summed E-state index contributed by atoms with van der Waals surface area (Å²) in [7, 11) is 0. The van der Waals surface area contributed by atoms with Gasteiger partial charge in [-0.05, 0) is 74.8 Å². The van der Waals surface area contributed by atoms with Gasteiger partial charge in [0.05, 0.1) is 6.10 Å². The Balaban J connectivity index is 1.58. The van der Waals surface area contributed by atoms with Crippen LogP contribution >= 0.6 is 0 Å². The van der Waals surface area contributed by atoms with Gasteiger partial charge >= 0.3 is 0 Å². The highest BCUT2D eigenvalue weighted by Crippen LogP contribution is 2.49. The zero-order valence-electron chi connectivity index (χ0n) is 20.1. The van der Waals surface area contributed by atoms with E-state index < -0.39 is 0 Å². The van der Waals surface area contributed by atoms with Crippen molar-refractivity contribution in [1.82, 2.24) is 5.32 Å². The lowest BCUT2D eigenvalue weighted by Gasteiger charge is -2.46. The Kier molecular flexibility index (Phi) is 7.93. The maximum absolute atomic E-state index is 10.9. The summed E-state index contributed by atoms with van der Waals surface area (Å²) in [5.41, 5.74) is 5.07. The average molecular weight is 432 g/mol. The number of hydrogen-bond acceptors (Lipinski definition) is 2. The molecule has 0 amide bonds. The second-order valence-corrected chi connectivity index (χ2v) is 10.4. The van der Waals surface area contributed by atoms with Crippen molar-refractivity contribution in [2.45, 2.75) is 96.6 Å². The van der Waals surface area contributed by atoms with Gasteiger partial charge < -0.3 is 10.4 Å². The Bertz CT molecular complexity index is 895. The molecule has 0 aliphatic heterocycles. The Hall–Kier alpha value is -1.82. The first-order valence-electron chi connectivity index (χ1n) is 13.0. The molecule has 172 valence electrons. The van der Waals surface area contributed by atoms with Crippen LogP contribution in [0.2, 0.25) is 0 Å². The predicted octanol–water partition coefficient (Wildman–Crippen LogP) is 6.64. The van der Waals surface area contributed by atoms with E-state index in [1.165, 1.54) is 61.7 Å². The highest BCUT2D eigenvalue weighted by Gasteiger charge is 2.43. The van der Waals surface area contributed by atoms with E-state index >= 15 is 0 Å². The number of hydrogen-bond donors (Lipinski definition) is 2. The largest absolute Gasteiger partial charge is 0.392 e. The number of aliphatic hydroxyl groups is 1. The van der Waals surface area contributed by atoms with E-state index in [4.69, 9.17) is 0 Å². The van der Waals surface area contributed by atoms with Crippen molar-refractivity contribution >= 4 is 6.08 Å².